The van der Waals surface area contributed by atoms with E-state index in [4.69, 9.17) is 4.74 Å². The summed E-state index contributed by atoms with van der Waals surface area (Å²) in [6, 6.07) is 5.76. The molecule has 1 N–H and O–H groups in total. The molecule has 2 rings (SSSR count). The zero-order valence-electron chi connectivity index (χ0n) is 11.2. The van der Waals surface area contributed by atoms with E-state index in [2.05, 4.69) is 0 Å². The molecule has 3 nitrogen and oxygen atoms in total. The van der Waals surface area contributed by atoms with E-state index in [-0.39, 0.29) is 6.10 Å². The van der Waals surface area contributed by atoms with E-state index >= 15 is 0 Å². The minimum atomic E-state index is -0.703. The third-order valence-corrected chi connectivity index (χ3v) is 3.71. The van der Waals surface area contributed by atoms with Crippen LogP contribution in [0.5, 0.6) is 5.75 Å². The number of ether oxygens (including phenoxy) is 1. The molecule has 3 heteroatoms. The summed E-state index contributed by atoms with van der Waals surface area (Å²) in [5.41, 5.74) is 1.27. The van der Waals surface area contributed by atoms with E-state index in [1.54, 1.807) is 0 Å². The molecule has 0 aliphatic heterocycles. The average Bonchev–Trinajstić information content (AvgIpc) is 2.19. The van der Waals surface area contributed by atoms with Crippen LogP contribution in [0.15, 0.2) is 18.2 Å². The van der Waals surface area contributed by atoms with Crippen molar-refractivity contribution >= 4 is 5.97 Å². The molecule has 0 amide bonds. The van der Waals surface area contributed by atoms with Crippen molar-refractivity contribution in [2.75, 3.05) is 0 Å². The first-order chi connectivity index (χ1) is 8.45. The van der Waals surface area contributed by atoms with Crippen LogP contribution in [0.25, 0.3) is 0 Å². The summed E-state index contributed by atoms with van der Waals surface area (Å²) in [7, 11) is 0. The summed E-state index contributed by atoms with van der Waals surface area (Å²) < 4.78 is 5.68. The zero-order chi connectivity index (χ0) is 13.3. The predicted molar refractivity (Wildman–Crippen MR) is 70.1 cm³/mol. The smallest absolute Gasteiger partial charge is 0.314 e. The number of hydrogen-bond donors (Lipinski definition) is 1. The van der Waals surface area contributed by atoms with E-state index < -0.39 is 11.4 Å². The predicted octanol–water partition coefficient (Wildman–Crippen LogP) is 3.29. The Morgan fingerprint density at radius 1 is 1.39 bits per heavy atom. The molecule has 1 aliphatic carbocycles. The standard InChI is InChI=1S/C15H20O3/c1-10(2)18-13-6-5-12(9-11(13)3)15(14(16)17)7-4-8-15/h5-6,9-10H,4,7-8H2,1-3H3,(H,16,17). The van der Waals surface area contributed by atoms with Gasteiger partial charge in [-0.3, -0.25) is 4.79 Å². The van der Waals surface area contributed by atoms with Gasteiger partial charge in [-0.1, -0.05) is 18.6 Å². The molecule has 98 valence electrons. The van der Waals surface area contributed by atoms with E-state index in [0.29, 0.717) is 0 Å². The van der Waals surface area contributed by atoms with Crippen LogP contribution in [0.3, 0.4) is 0 Å². The lowest BCUT2D eigenvalue weighted by Gasteiger charge is -2.38. The second-order valence-corrected chi connectivity index (χ2v) is 5.39. The molecule has 1 aromatic carbocycles. The Bertz CT molecular complexity index is 459. The van der Waals surface area contributed by atoms with Crippen LogP contribution in [0.1, 0.15) is 44.2 Å². The van der Waals surface area contributed by atoms with Gasteiger partial charge in [-0.15, -0.1) is 0 Å². The highest BCUT2D eigenvalue weighted by atomic mass is 16.5. The maximum Gasteiger partial charge on any atom is 0.314 e. The van der Waals surface area contributed by atoms with Gasteiger partial charge in [0.15, 0.2) is 0 Å². The summed E-state index contributed by atoms with van der Waals surface area (Å²) in [6.45, 7) is 5.94. The zero-order valence-corrected chi connectivity index (χ0v) is 11.2. The molecular formula is C15H20O3. The van der Waals surface area contributed by atoms with Crippen molar-refractivity contribution < 1.29 is 14.6 Å². The lowest BCUT2D eigenvalue weighted by Crippen LogP contribution is -2.42. The van der Waals surface area contributed by atoms with Crippen LogP contribution in [-0.4, -0.2) is 17.2 Å². The van der Waals surface area contributed by atoms with Gasteiger partial charge in [0, 0.05) is 0 Å². The fraction of sp³-hybridized carbons (Fsp3) is 0.533. The van der Waals surface area contributed by atoms with Crippen molar-refractivity contribution in [2.24, 2.45) is 0 Å². The molecule has 0 unspecified atom stereocenters. The largest absolute Gasteiger partial charge is 0.491 e. The van der Waals surface area contributed by atoms with E-state index in [0.717, 1.165) is 36.1 Å². The molecule has 0 heterocycles. The van der Waals surface area contributed by atoms with Crippen molar-refractivity contribution in [3.8, 4) is 5.75 Å². The summed E-state index contributed by atoms with van der Waals surface area (Å²) in [4.78, 5) is 11.4. The Labute approximate surface area is 108 Å². The van der Waals surface area contributed by atoms with Gasteiger partial charge in [0.25, 0.3) is 0 Å². The number of hydrogen-bond acceptors (Lipinski definition) is 2. The molecule has 18 heavy (non-hydrogen) atoms. The lowest BCUT2D eigenvalue weighted by molar-refractivity contribution is -0.147. The van der Waals surface area contributed by atoms with E-state index in [1.807, 2.05) is 39.0 Å². The minimum Gasteiger partial charge on any atom is -0.491 e. The lowest BCUT2D eigenvalue weighted by atomic mass is 9.64. The van der Waals surface area contributed by atoms with Crippen LogP contribution in [0.2, 0.25) is 0 Å². The van der Waals surface area contributed by atoms with Gasteiger partial charge < -0.3 is 9.84 Å². The third kappa shape index (κ3) is 2.09. The monoisotopic (exact) mass is 248 g/mol. The summed E-state index contributed by atoms with van der Waals surface area (Å²) in [5, 5.41) is 9.41. The molecule has 0 radical (unpaired) electrons. The van der Waals surface area contributed by atoms with Gasteiger partial charge in [0.1, 0.15) is 5.75 Å². The second-order valence-electron chi connectivity index (χ2n) is 5.39. The molecule has 0 aromatic heterocycles. The second kappa shape index (κ2) is 4.63. The Morgan fingerprint density at radius 3 is 2.44 bits per heavy atom. The molecule has 1 aromatic rings. The van der Waals surface area contributed by atoms with Crippen molar-refractivity contribution in [1.29, 1.82) is 0 Å². The molecule has 1 aliphatic rings. The maximum absolute atomic E-state index is 11.4. The number of benzene rings is 1. The molecular weight excluding hydrogens is 228 g/mol. The van der Waals surface area contributed by atoms with Gasteiger partial charge >= 0.3 is 5.97 Å². The number of carboxylic acid groups (broad SMARTS) is 1. The third-order valence-electron chi connectivity index (χ3n) is 3.71. The van der Waals surface area contributed by atoms with Crippen molar-refractivity contribution in [2.45, 2.75) is 51.6 Å². The van der Waals surface area contributed by atoms with Crippen LogP contribution in [0, 0.1) is 6.92 Å². The highest BCUT2D eigenvalue weighted by molar-refractivity contribution is 5.82. The summed E-state index contributed by atoms with van der Waals surface area (Å²) in [5.74, 6) is 0.138. The fourth-order valence-electron chi connectivity index (χ4n) is 2.49. The highest BCUT2D eigenvalue weighted by Gasteiger charge is 2.45. The molecule has 0 bridgehead atoms. The summed E-state index contributed by atoms with van der Waals surface area (Å²) >= 11 is 0. The van der Waals surface area contributed by atoms with Crippen molar-refractivity contribution in [1.82, 2.24) is 0 Å². The van der Waals surface area contributed by atoms with Crippen LogP contribution in [-0.2, 0) is 10.2 Å². The molecule has 1 saturated carbocycles. The highest BCUT2D eigenvalue weighted by Crippen LogP contribution is 2.44. The number of carboxylic acids is 1. The van der Waals surface area contributed by atoms with Gasteiger partial charge in [-0.05, 0) is 50.8 Å². The van der Waals surface area contributed by atoms with Crippen molar-refractivity contribution in [3.05, 3.63) is 29.3 Å². The maximum atomic E-state index is 11.4. The first-order valence-corrected chi connectivity index (χ1v) is 6.47. The first-order valence-electron chi connectivity index (χ1n) is 6.47. The van der Waals surface area contributed by atoms with Crippen molar-refractivity contribution in [3.63, 3.8) is 0 Å². The number of carbonyl (C=O) groups is 1. The van der Waals surface area contributed by atoms with E-state index in [1.165, 1.54) is 0 Å². The number of aryl methyl sites for hydroxylation is 1. The Hall–Kier alpha value is -1.51. The first kappa shape index (κ1) is 12.9. The topological polar surface area (TPSA) is 46.5 Å². The van der Waals surface area contributed by atoms with Crippen LogP contribution < -0.4 is 4.74 Å². The Kier molecular flexibility index (Phi) is 3.33. The molecule has 1 fully saturated rings. The quantitative estimate of drug-likeness (QED) is 0.889. The molecule has 0 saturated heterocycles. The number of aliphatic carboxylic acids is 1. The molecule has 0 spiro atoms. The molecule has 0 atom stereocenters. The van der Waals surface area contributed by atoms with Crippen LogP contribution >= 0.6 is 0 Å². The van der Waals surface area contributed by atoms with Crippen LogP contribution in [0.4, 0.5) is 0 Å². The van der Waals surface area contributed by atoms with Gasteiger partial charge in [0.05, 0.1) is 11.5 Å². The van der Waals surface area contributed by atoms with E-state index in [9.17, 15) is 9.90 Å². The minimum absolute atomic E-state index is 0.131. The SMILES string of the molecule is Cc1cc(C2(C(=O)O)CCC2)ccc1OC(C)C. The summed E-state index contributed by atoms with van der Waals surface area (Å²) in [6.07, 6.45) is 2.61. The van der Waals surface area contributed by atoms with Gasteiger partial charge in [-0.2, -0.15) is 0 Å². The Morgan fingerprint density at radius 2 is 2.06 bits per heavy atom. The number of rotatable bonds is 4. The Balaban J connectivity index is 2.31. The van der Waals surface area contributed by atoms with Gasteiger partial charge in [0.2, 0.25) is 0 Å². The fourth-order valence-corrected chi connectivity index (χ4v) is 2.49. The van der Waals surface area contributed by atoms with Gasteiger partial charge in [-0.25, -0.2) is 0 Å². The average molecular weight is 248 g/mol. The normalized spacial score (nSPS) is 17.3.